The van der Waals surface area contributed by atoms with Gasteiger partial charge in [-0.05, 0) is 38.0 Å². The Morgan fingerprint density at radius 3 is 2.52 bits per heavy atom. The molecule has 0 saturated carbocycles. The predicted octanol–water partition coefficient (Wildman–Crippen LogP) is 2.32. The number of nitrogens with zero attached hydrogens (tertiary/aromatic N) is 3. The molecule has 3 heterocycles. The summed E-state index contributed by atoms with van der Waals surface area (Å²) in [5, 5.41) is 5.69. The summed E-state index contributed by atoms with van der Waals surface area (Å²) in [6.07, 6.45) is 13.9. The standard InChI is InChI=1S/C18H25N5O2/c24-18(19-8-7-13-3-1-2-4-13)22-14-9-20-17(21-10-14)23-11-15-5-6-16(12-23)25-15/h1-2,9-10,13,15-16H,3-8,11-12H2,(H2,19,22,24). The van der Waals surface area contributed by atoms with Crippen molar-refractivity contribution in [1.29, 1.82) is 0 Å². The average Bonchev–Trinajstić information content (AvgIpc) is 3.25. The molecule has 3 aliphatic rings. The topological polar surface area (TPSA) is 79.4 Å². The Kier molecular flexibility index (Phi) is 4.83. The smallest absolute Gasteiger partial charge is 0.319 e. The van der Waals surface area contributed by atoms with E-state index >= 15 is 0 Å². The minimum Gasteiger partial charge on any atom is -0.371 e. The largest absolute Gasteiger partial charge is 0.371 e. The SMILES string of the molecule is O=C(NCCC1CC=CC1)Nc1cnc(N2CC3CCC(C2)O3)nc1. The number of ether oxygens (including phenoxy) is 1. The second-order valence-corrected chi connectivity index (χ2v) is 7.11. The molecule has 134 valence electrons. The number of carbonyl (C=O) groups excluding carboxylic acids is 1. The molecule has 1 aromatic rings. The number of hydrogen-bond donors (Lipinski definition) is 2. The molecule has 7 heteroatoms. The van der Waals surface area contributed by atoms with E-state index in [2.05, 4.69) is 37.7 Å². The zero-order valence-corrected chi connectivity index (χ0v) is 14.4. The molecule has 2 bridgehead atoms. The van der Waals surface area contributed by atoms with Gasteiger partial charge in [-0.25, -0.2) is 14.8 Å². The number of morpholine rings is 1. The molecular weight excluding hydrogens is 318 g/mol. The first-order valence-electron chi connectivity index (χ1n) is 9.18. The lowest BCUT2D eigenvalue weighted by Gasteiger charge is -2.32. The van der Waals surface area contributed by atoms with Crippen LogP contribution < -0.4 is 15.5 Å². The van der Waals surface area contributed by atoms with Crippen LogP contribution in [0.4, 0.5) is 16.4 Å². The van der Waals surface area contributed by atoms with Crippen molar-refractivity contribution in [3.8, 4) is 0 Å². The number of rotatable bonds is 5. The molecule has 0 aromatic carbocycles. The monoisotopic (exact) mass is 343 g/mol. The fourth-order valence-corrected chi connectivity index (χ4v) is 3.80. The maximum Gasteiger partial charge on any atom is 0.319 e. The second kappa shape index (κ2) is 7.39. The highest BCUT2D eigenvalue weighted by Gasteiger charge is 2.34. The molecular formula is C18H25N5O2. The number of allylic oxidation sites excluding steroid dienone is 2. The molecule has 2 unspecified atom stereocenters. The highest BCUT2D eigenvalue weighted by atomic mass is 16.5. The fraction of sp³-hybridized carbons (Fsp3) is 0.611. The minimum atomic E-state index is -0.202. The van der Waals surface area contributed by atoms with Crippen LogP contribution in [0.1, 0.15) is 32.1 Å². The summed E-state index contributed by atoms with van der Waals surface area (Å²) in [6.45, 7) is 2.38. The number of nitrogens with one attached hydrogen (secondary N) is 2. The fourth-order valence-electron chi connectivity index (χ4n) is 3.80. The van der Waals surface area contributed by atoms with Gasteiger partial charge in [0.1, 0.15) is 0 Å². The van der Waals surface area contributed by atoms with Crippen LogP contribution >= 0.6 is 0 Å². The molecule has 2 N–H and O–H groups in total. The average molecular weight is 343 g/mol. The number of aromatic nitrogens is 2. The number of urea groups is 1. The number of amides is 2. The Morgan fingerprint density at radius 2 is 1.84 bits per heavy atom. The van der Waals surface area contributed by atoms with E-state index in [1.807, 2.05) is 0 Å². The van der Waals surface area contributed by atoms with E-state index < -0.39 is 0 Å². The van der Waals surface area contributed by atoms with Gasteiger partial charge >= 0.3 is 6.03 Å². The highest BCUT2D eigenvalue weighted by molar-refractivity contribution is 5.88. The van der Waals surface area contributed by atoms with Gasteiger partial charge in [0.25, 0.3) is 0 Å². The Hall–Kier alpha value is -2.15. The van der Waals surface area contributed by atoms with E-state index in [1.165, 1.54) is 0 Å². The molecule has 2 fully saturated rings. The normalized spacial score (nSPS) is 25.4. The van der Waals surface area contributed by atoms with Crippen LogP contribution in [0.2, 0.25) is 0 Å². The van der Waals surface area contributed by atoms with E-state index in [-0.39, 0.29) is 6.03 Å². The Balaban J connectivity index is 1.23. The third-order valence-electron chi connectivity index (χ3n) is 5.17. The molecule has 7 nitrogen and oxygen atoms in total. The zero-order chi connectivity index (χ0) is 17.1. The summed E-state index contributed by atoms with van der Waals surface area (Å²) in [5.74, 6) is 1.38. The molecule has 4 rings (SSSR count). The van der Waals surface area contributed by atoms with Gasteiger partial charge in [0.05, 0.1) is 30.3 Å². The lowest BCUT2D eigenvalue weighted by atomic mass is 10.0. The van der Waals surface area contributed by atoms with Crippen molar-refractivity contribution in [2.24, 2.45) is 5.92 Å². The highest BCUT2D eigenvalue weighted by Crippen LogP contribution is 2.28. The Bertz CT molecular complexity index is 613. The van der Waals surface area contributed by atoms with Crippen LogP contribution in [-0.4, -0.2) is 47.8 Å². The third-order valence-corrected chi connectivity index (χ3v) is 5.17. The van der Waals surface area contributed by atoms with Crippen LogP contribution in [0, 0.1) is 5.92 Å². The van der Waals surface area contributed by atoms with Gasteiger partial charge in [-0.2, -0.15) is 0 Å². The molecule has 2 saturated heterocycles. The van der Waals surface area contributed by atoms with Gasteiger partial charge in [0.15, 0.2) is 0 Å². The number of carbonyl (C=O) groups is 1. The molecule has 1 aliphatic carbocycles. The van der Waals surface area contributed by atoms with Crippen molar-refractivity contribution in [3.63, 3.8) is 0 Å². The van der Waals surface area contributed by atoms with Gasteiger partial charge in [0.2, 0.25) is 5.95 Å². The summed E-state index contributed by atoms with van der Waals surface area (Å²) < 4.78 is 5.83. The maximum atomic E-state index is 11.9. The Morgan fingerprint density at radius 1 is 1.16 bits per heavy atom. The zero-order valence-electron chi connectivity index (χ0n) is 14.4. The van der Waals surface area contributed by atoms with Crippen LogP contribution in [-0.2, 0) is 4.74 Å². The Labute approximate surface area is 147 Å². The summed E-state index contributed by atoms with van der Waals surface area (Å²) in [4.78, 5) is 22.9. The van der Waals surface area contributed by atoms with Crippen LogP contribution in [0.5, 0.6) is 0 Å². The second-order valence-electron chi connectivity index (χ2n) is 7.11. The van der Waals surface area contributed by atoms with E-state index in [0.29, 0.717) is 36.3 Å². The first kappa shape index (κ1) is 16.3. The summed E-state index contributed by atoms with van der Waals surface area (Å²) >= 11 is 0. The van der Waals surface area contributed by atoms with E-state index in [9.17, 15) is 4.79 Å². The lowest BCUT2D eigenvalue weighted by Crippen LogP contribution is -2.43. The van der Waals surface area contributed by atoms with Gasteiger partial charge in [0, 0.05) is 19.6 Å². The van der Waals surface area contributed by atoms with Crippen molar-refractivity contribution >= 4 is 17.7 Å². The van der Waals surface area contributed by atoms with E-state index in [0.717, 1.165) is 45.2 Å². The van der Waals surface area contributed by atoms with Gasteiger partial charge in [-0.1, -0.05) is 12.2 Å². The van der Waals surface area contributed by atoms with Crippen molar-refractivity contribution in [3.05, 3.63) is 24.5 Å². The molecule has 0 radical (unpaired) electrons. The number of anilines is 2. The first-order valence-corrected chi connectivity index (χ1v) is 9.18. The molecule has 25 heavy (non-hydrogen) atoms. The van der Waals surface area contributed by atoms with Crippen molar-refractivity contribution < 1.29 is 9.53 Å². The van der Waals surface area contributed by atoms with E-state index in [1.54, 1.807) is 12.4 Å². The lowest BCUT2D eigenvalue weighted by molar-refractivity contribution is 0.0299. The number of fused-ring (bicyclic) bond motifs is 2. The molecule has 0 spiro atoms. The quantitative estimate of drug-likeness (QED) is 0.802. The van der Waals surface area contributed by atoms with Crippen molar-refractivity contribution in [2.45, 2.75) is 44.3 Å². The first-order chi connectivity index (χ1) is 12.3. The summed E-state index contributed by atoms with van der Waals surface area (Å²) in [5.41, 5.74) is 0.611. The molecule has 2 aliphatic heterocycles. The van der Waals surface area contributed by atoms with Crippen LogP contribution in [0.3, 0.4) is 0 Å². The molecule has 2 amide bonds. The minimum absolute atomic E-state index is 0.202. The van der Waals surface area contributed by atoms with Crippen LogP contribution in [0.25, 0.3) is 0 Å². The van der Waals surface area contributed by atoms with E-state index in [4.69, 9.17) is 4.74 Å². The number of hydrogen-bond acceptors (Lipinski definition) is 5. The maximum absolute atomic E-state index is 11.9. The van der Waals surface area contributed by atoms with Crippen LogP contribution in [0.15, 0.2) is 24.5 Å². The van der Waals surface area contributed by atoms with Gasteiger partial charge < -0.3 is 20.3 Å². The molecule has 2 atom stereocenters. The van der Waals surface area contributed by atoms with Crippen molar-refractivity contribution in [1.82, 2.24) is 15.3 Å². The van der Waals surface area contributed by atoms with Gasteiger partial charge in [-0.15, -0.1) is 0 Å². The molecule has 1 aromatic heterocycles. The predicted molar refractivity (Wildman–Crippen MR) is 95.6 cm³/mol. The van der Waals surface area contributed by atoms with Crippen molar-refractivity contribution in [2.75, 3.05) is 29.9 Å². The third kappa shape index (κ3) is 4.10. The van der Waals surface area contributed by atoms with Gasteiger partial charge in [-0.3, -0.25) is 0 Å². The summed E-state index contributed by atoms with van der Waals surface area (Å²) in [7, 11) is 0. The summed E-state index contributed by atoms with van der Waals surface area (Å²) in [6, 6.07) is -0.202.